The van der Waals surface area contributed by atoms with Crippen LogP contribution in [0.2, 0.25) is 0 Å². The normalized spacial score (nSPS) is 12.2. The lowest BCUT2D eigenvalue weighted by Crippen LogP contribution is -2.24. The molecule has 6 heteroatoms. The minimum Gasteiger partial charge on any atom is -0.497 e. The molecule has 2 aromatic rings. The van der Waals surface area contributed by atoms with E-state index in [2.05, 4.69) is 22.4 Å². The van der Waals surface area contributed by atoms with Gasteiger partial charge in [-0.25, -0.2) is 0 Å². The van der Waals surface area contributed by atoms with Crippen molar-refractivity contribution in [3.05, 3.63) is 24.0 Å². The number of nitrogens with zero attached hydrogens (tertiary/aromatic N) is 2. The topological polar surface area (TPSA) is 69.4 Å². The van der Waals surface area contributed by atoms with E-state index in [1.807, 2.05) is 19.2 Å². The van der Waals surface area contributed by atoms with Crippen LogP contribution in [-0.2, 0) is 6.42 Å². The fourth-order valence-electron chi connectivity index (χ4n) is 1.80. The highest BCUT2D eigenvalue weighted by Gasteiger charge is 2.15. The van der Waals surface area contributed by atoms with Gasteiger partial charge in [-0.3, -0.25) is 0 Å². The molecule has 0 radical (unpaired) electrons. The van der Waals surface area contributed by atoms with E-state index in [4.69, 9.17) is 14.0 Å². The number of ether oxygens (including phenoxy) is 2. The van der Waals surface area contributed by atoms with Gasteiger partial charge in [0.15, 0.2) is 5.82 Å². The quantitative estimate of drug-likeness (QED) is 0.869. The number of likely N-dealkylation sites (N-methyl/N-ethyl adjacent to an activating group) is 1. The smallest absolute Gasteiger partial charge is 0.261 e. The van der Waals surface area contributed by atoms with Crippen molar-refractivity contribution in [1.29, 1.82) is 0 Å². The Kier molecular flexibility index (Phi) is 4.57. The minimum atomic E-state index is 0.290. The molecular formula is C14H19N3O3. The number of rotatable bonds is 6. The summed E-state index contributed by atoms with van der Waals surface area (Å²) in [5, 5.41) is 7.12. The number of hydrogen-bond donors (Lipinski definition) is 1. The van der Waals surface area contributed by atoms with Crippen molar-refractivity contribution in [3.63, 3.8) is 0 Å². The standard InChI is InChI=1S/C14H19N3O3/c1-9(15-2)7-13-16-14(20-17-13)11-6-5-10(18-3)8-12(11)19-4/h5-6,8-9,15H,7H2,1-4H3. The molecular weight excluding hydrogens is 258 g/mol. The third kappa shape index (κ3) is 3.08. The van der Waals surface area contributed by atoms with Gasteiger partial charge in [-0.05, 0) is 26.1 Å². The zero-order valence-electron chi connectivity index (χ0n) is 12.1. The van der Waals surface area contributed by atoms with E-state index >= 15 is 0 Å². The summed E-state index contributed by atoms with van der Waals surface area (Å²) in [6.45, 7) is 2.06. The van der Waals surface area contributed by atoms with Gasteiger partial charge < -0.3 is 19.3 Å². The monoisotopic (exact) mass is 277 g/mol. The second-order valence-corrected chi connectivity index (χ2v) is 4.48. The summed E-state index contributed by atoms with van der Waals surface area (Å²) in [5.41, 5.74) is 0.754. The molecule has 1 aromatic heterocycles. The van der Waals surface area contributed by atoms with E-state index < -0.39 is 0 Å². The molecule has 2 rings (SSSR count). The molecule has 0 bridgehead atoms. The summed E-state index contributed by atoms with van der Waals surface area (Å²) in [7, 11) is 5.11. The number of methoxy groups -OCH3 is 2. The molecule has 0 fully saturated rings. The van der Waals surface area contributed by atoms with E-state index in [0.717, 1.165) is 5.56 Å². The molecule has 0 aliphatic heterocycles. The Morgan fingerprint density at radius 2 is 2.10 bits per heavy atom. The van der Waals surface area contributed by atoms with Crippen LogP contribution in [0.25, 0.3) is 11.5 Å². The van der Waals surface area contributed by atoms with Gasteiger partial charge in [-0.1, -0.05) is 5.16 Å². The second-order valence-electron chi connectivity index (χ2n) is 4.48. The number of nitrogens with one attached hydrogen (secondary N) is 1. The summed E-state index contributed by atoms with van der Waals surface area (Å²) in [5.74, 6) is 2.47. The van der Waals surface area contributed by atoms with Crippen molar-refractivity contribution in [3.8, 4) is 23.0 Å². The SMILES string of the molecule is CNC(C)Cc1noc(-c2ccc(OC)cc2OC)n1. The summed E-state index contributed by atoms with van der Waals surface area (Å²) in [6.07, 6.45) is 0.707. The summed E-state index contributed by atoms with van der Waals surface area (Å²) in [4.78, 5) is 4.39. The van der Waals surface area contributed by atoms with Crippen molar-refractivity contribution in [2.45, 2.75) is 19.4 Å². The van der Waals surface area contributed by atoms with Gasteiger partial charge in [0.1, 0.15) is 11.5 Å². The van der Waals surface area contributed by atoms with Gasteiger partial charge in [-0.15, -0.1) is 0 Å². The second kappa shape index (κ2) is 6.38. The molecule has 0 aliphatic rings. The van der Waals surface area contributed by atoms with Crippen LogP contribution in [0.4, 0.5) is 0 Å². The molecule has 0 saturated heterocycles. The molecule has 1 unspecified atom stereocenters. The van der Waals surface area contributed by atoms with Crippen LogP contribution in [0.1, 0.15) is 12.7 Å². The highest BCUT2D eigenvalue weighted by molar-refractivity contribution is 5.64. The lowest BCUT2D eigenvalue weighted by Gasteiger charge is -2.07. The molecule has 0 aliphatic carbocycles. The first-order valence-corrected chi connectivity index (χ1v) is 6.40. The first kappa shape index (κ1) is 14.3. The Morgan fingerprint density at radius 3 is 2.75 bits per heavy atom. The molecule has 0 saturated carbocycles. The lowest BCUT2D eigenvalue weighted by molar-refractivity contribution is 0.389. The van der Waals surface area contributed by atoms with Crippen molar-refractivity contribution in [1.82, 2.24) is 15.5 Å². The summed E-state index contributed by atoms with van der Waals surface area (Å²) < 4.78 is 15.8. The van der Waals surface area contributed by atoms with Crippen molar-refractivity contribution in [2.75, 3.05) is 21.3 Å². The number of benzene rings is 1. The maximum absolute atomic E-state index is 5.33. The molecule has 6 nitrogen and oxygen atoms in total. The van der Waals surface area contributed by atoms with Crippen LogP contribution < -0.4 is 14.8 Å². The first-order valence-electron chi connectivity index (χ1n) is 6.40. The average Bonchev–Trinajstić information content (AvgIpc) is 2.94. The van der Waals surface area contributed by atoms with Gasteiger partial charge in [-0.2, -0.15) is 4.98 Å². The van der Waals surface area contributed by atoms with E-state index in [9.17, 15) is 0 Å². The van der Waals surface area contributed by atoms with Gasteiger partial charge >= 0.3 is 0 Å². The van der Waals surface area contributed by atoms with Crippen molar-refractivity contribution >= 4 is 0 Å². The van der Waals surface area contributed by atoms with Crippen molar-refractivity contribution in [2.24, 2.45) is 0 Å². The maximum Gasteiger partial charge on any atom is 0.261 e. The predicted molar refractivity (Wildman–Crippen MR) is 75.1 cm³/mol. The van der Waals surface area contributed by atoms with E-state index in [1.165, 1.54) is 0 Å². The fraction of sp³-hybridized carbons (Fsp3) is 0.429. The molecule has 1 heterocycles. The molecule has 1 aromatic carbocycles. The maximum atomic E-state index is 5.33. The predicted octanol–water partition coefficient (Wildman–Crippen LogP) is 1.90. The Morgan fingerprint density at radius 1 is 1.30 bits per heavy atom. The summed E-state index contributed by atoms with van der Waals surface area (Å²) in [6, 6.07) is 5.75. The summed E-state index contributed by atoms with van der Waals surface area (Å²) >= 11 is 0. The largest absolute Gasteiger partial charge is 0.497 e. The Labute approximate surface area is 118 Å². The molecule has 0 amide bonds. The molecule has 1 N–H and O–H groups in total. The third-order valence-electron chi connectivity index (χ3n) is 3.09. The van der Waals surface area contributed by atoms with Crippen LogP contribution in [0.15, 0.2) is 22.7 Å². The fourth-order valence-corrected chi connectivity index (χ4v) is 1.80. The van der Waals surface area contributed by atoms with Crippen molar-refractivity contribution < 1.29 is 14.0 Å². The van der Waals surface area contributed by atoms with Gasteiger partial charge in [0.2, 0.25) is 0 Å². The minimum absolute atomic E-state index is 0.290. The lowest BCUT2D eigenvalue weighted by atomic mass is 10.2. The first-order chi connectivity index (χ1) is 9.67. The third-order valence-corrected chi connectivity index (χ3v) is 3.09. The Hall–Kier alpha value is -2.08. The average molecular weight is 277 g/mol. The van der Waals surface area contributed by atoms with E-state index in [-0.39, 0.29) is 0 Å². The van der Waals surface area contributed by atoms with E-state index in [0.29, 0.717) is 35.7 Å². The van der Waals surface area contributed by atoms with Crippen LogP contribution in [0, 0.1) is 0 Å². The molecule has 108 valence electrons. The van der Waals surface area contributed by atoms with Crippen LogP contribution in [0.3, 0.4) is 0 Å². The molecule has 20 heavy (non-hydrogen) atoms. The zero-order valence-corrected chi connectivity index (χ0v) is 12.1. The Balaban J connectivity index is 2.27. The van der Waals surface area contributed by atoms with Crippen LogP contribution in [-0.4, -0.2) is 37.4 Å². The van der Waals surface area contributed by atoms with Gasteiger partial charge in [0.05, 0.1) is 19.8 Å². The number of aromatic nitrogens is 2. The Bertz CT molecular complexity index is 569. The highest BCUT2D eigenvalue weighted by atomic mass is 16.5. The molecule has 1 atom stereocenters. The van der Waals surface area contributed by atoms with Crippen LogP contribution >= 0.6 is 0 Å². The van der Waals surface area contributed by atoms with Gasteiger partial charge in [0, 0.05) is 18.5 Å². The van der Waals surface area contributed by atoms with E-state index in [1.54, 1.807) is 20.3 Å². The van der Waals surface area contributed by atoms with Gasteiger partial charge in [0.25, 0.3) is 5.89 Å². The van der Waals surface area contributed by atoms with Crippen LogP contribution in [0.5, 0.6) is 11.5 Å². The highest BCUT2D eigenvalue weighted by Crippen LogP contribution is 2.32. The zero-order chi connectivity index (χ0) is 14.5. The number of hydrogen-bond acceptors (Lipinski definition) is 6. The molecule has 0 spiro atoms.